The summed E-state index contributed by atoms with van der Waals surface area (Å²) in [5, 5.41) is 2.46. The molecule has 0 bridgehead atoms. The molecular weight excluding hydrogens is 353 g/mol. The van der Waals surface area contributed by atoms with E-state index >= 15 is 0 Å². The smallest absolute Gasteiger partial charge is 0.406 e. The number of carbonyl (C=O) groups excluding carboxylic acids is 1. The van der Waals surface area contributed by atoms with Crippen molar-refractivity contribution in [2.45, 2.75) is 6.36 Å². The van der Waals surface area contributed by atoms with Gasteiger partial charge in [-0.2, -0.15) is 0 Å². The van der Waals surface area contributed by atoms with Gasteiger partial charge < -0.3 is 10.1 Å². The highest BCUT2D eigenvalue weighted by atomic mass is 79.9. The van der Waals surface area contributed by atoms with Crippen molar-refractivity contribution in [3.8, 4) is 5.75 Å². The molecule has 2 aromatic rings. The van der Waals surface area contributed by atoms with Crippen molar-refractivity contribution >= 4 is 27.5 Å². The molecule has 21 heavy (non-hydrogen) atoms. The molecule has 2 rings (SSSR count). The second-order valence-electron chi connectivity index (χ2n) is 3.92. The highest BCUT2D eigenvalue weighted by molar-refractivity contribution is 9.10. The maximum absolute atomic E-state index is 12.1. The Morgan fingerprint density at radius 1 is 1.24 bits per heavy atom. The van der Waals surface area contributed by atoms with Gasteiger partial charge in [0.1, 0.15) is 5.75 Å². The third kappa shape index (κ3) is 4.75. The molecule has 1 aromatic carbocycles. The van der Waals surface area contributed by atoms with Crippen LogP contribution in [0.5, 0.6) is 5.75 Å². The number of nitrogens with one attached hydrogen (secondary N) is 1. The number of hydrogen-bond acceptors (Lipinski definition) is 3. The standard InChI is InChI=1S/C13H8BrF3N2O2/c14-9-4-8(6-18-7-9)12(20)19-10-2-1-3-11(5-10)21-13(15,16)17/h1-7H,(H,19,20). The molecule has 0 atom stereocenters. The number of carbonyl (C=O) groups is 1. The number of aromatic nitrogens is 1. The van der Waals surface area contributed by atoms with E-state index in [4.69, 9.17) is 0 Å². The molecule has 0 fully saturated rings. The molecule has 8 heteroatoms. The Morgan fingerprint density at radius 3 is 2.67 bits per heavy atom. The van der Waals surface area contributed by atoms with Gasteiger partial charge >= 0.3 is 6.36 Å². The number of nitrogens with zero attached hydrogens (tertiary/aromatic N) is 1. The number of pyridine rings is 1. The Hall–Kier alpha value is -2.09. The molecule has 0 saturated carbocycles. The van der Waals surface area contributed by atoms with E-state index in [1.807, 2.05) is 0 Å². The maximum atomic E-state index is 12.1. The molecule has 0 spiro atoms. The highest BCUT2D eigenvalue weighted by Gasteiger charge is 2.31. The van der Waals surface area contributed by atoms with E-state index in [0.717, 1.165) is 12.1 Å². The van der Waals surface area contributed by atoms with Crippen LogP contribution in [0.3, 0.4) is 0 Å². The summed E-state index contributed by atoms with van der Waals surface area (Å²) in [6.07, 6.45) is -1.93. The van der Waals surface area contributed by atoms with Gasteiger partial charge in [0.05, 0.1) is 5.56 Å². The minimum absolute atomic E-state index is 0.182. The van der Waals surface area contributed by atoms with Gasteiger partial charge in [-0.25, -0.2) is 0 Å². The Labute approximate surface area is 126 Å². The number of amides is 1. The Morgan fingerprint density at radius 2 is 2.00 bits per heavy atom. The lowest BCUT2D eigenvalue weighted by atomic mass is 10.2. The summed E-state index contributed by atoms with van der Waals surface area (Å²) in [6, 6.07) is 6.56. The van der Waals surface area contributed by atoms with Crippen LogP contribution in [0.2, 0.25) is 0 Å². The third-order valence-corrected chi connectivity index (χ3v) is 2.73. The molecule has 110 valence electrons. The van der Waals surface area contributed by atoms with Crippen LogP contribution in [0.25, 0.3) is 0 Å². The molecule has 1 amide bonds. The zero-order chi connectivity index (χ0) is 15.5. The van der Waals surface area contributed by atoms with Gasteiger partial charge in [-0.15, -0.1) is 13.2 Å². The lowest BCUT2D eigenvalue weighted by Crippen LogP contribution is -2.17. The van der Waals surface area contributed by atoms with Crippen molar-refractivity contribution in [1.29, 1.82) is 0 Å². The lowest BCUT2D eigenvalue weighted by molar-refractivity contribution is -0.274. The number of hydrogen-bond donors (Lipinski definition) is 1. The van der Waals surface area contributed by atoms with Gasteiger partial charge in [0.15, 0.2) is 0 Å². The van der Waals surface area contributed by atoms with Gasteiger partial charge in [0.25, 0.3) is 5.91 Å². The van der Waals surface area contributed by atoms with Crippen LogP contribution in [0.1, 0.15) is 10.4 Å². The van der Waals surface area contributed by atoms with Crippen molar-refractivity contribution < 1.29 is 22.7 Å². The maximum Gasteiger partial charge on any atom is 0.573 e. The molecule has 1 aromatic heterocycles. The molecule has 0 saturated heterocycles. The van der Waals surface area contributed by atoms with Crippen molar-refractivity contribution in [3.05, 3.63) is 52.8 Å². The van der Waals surface area contributed by atoms with E-state index in [2.05, 4.69) is 31.0 Å². The van der Waals surface area contributed by atoms with E-state index in [9.17, 15) is 18.0 Å². The first-order chi connectivity index (χ1) is 9.83. The molecule has 4 nitrogen and oxygen atoms in total. The fourth-order valence-corrected chi connectivity index (χ4v) is 1.88. The molecule has 0 radical (unpaired) electrons. The fraction of sp³-hybridized carbons (Fsp3) is 0.0769. The normalized spacial score (nSPS) is 11.0. The third-order valence-electron chi connectivity index (χ3n) is 2.29. The largest absolute Gasteiger partial charge is 0.573 e. The van der Waals surface area contributed by atoms with Crippen LogP contribution in [0.15, 0.2) is 47.2 Å². The summed E-state index contributed by atoms with van der Waals surface area (Å²) < 4.78 is 40.8. The second-order valence-corrected chi connectivity index (χ2v) is 4.84. The highest BCUT2D eigenvalue weighted by Crippen LogP contribution is 2.25. The van der Waals surface area contributed by atoms with Crippen LogP contribution in [-0.4, -0.2) is 17.3 Å². The fourth-order valence-electron chi connectivity index (χ4n) is 1.51. The quantitative estimate of drug-likeness (QED) is 0.899. The summed E-state index contributed by atoms with van der Waals surface area (Å²) in [7, 11) is 0. The molecule has 1 N–H and O–H groups in total. The Balaban J connectivity index is 2.13. The Kier molecular flexibility index (Phi) is 4.46. The molecule has 1 heterocycles. The van der Waals surface area contributed by atoms with Gasteiger partial charge in [0.2, 0.25) is 0 Å². The van der Waals surface area contributed by atoms with Gasteiger partial charge in [-0.3, -0.25) is 9.78 Å². The lowest BCUT2D eigenvalue weighted by Gasteiger charge is -2.10. The molecule has 0 aliphatic carbocycles. The second kappa shape index (κ2) is 6.13. The van der Waals surface area contributed by atoms with Gasteiger partial charge in [-0.05, 0) is 34.1 Å². The van der Waals surface area contributed by atoms with Crippen LogP contribution in [0, 0.1) is 0 Å². The van der Waals surface area contributed by atoms with E-state index < -0.39 is 18.0 Å². The first-order valence-corrected chi connectivity index (χ1v) is 6.40. The predicted octanol–water partition coefficient (Wildman–Crippen LogP) is 4.00. The first kappa shape index (κ1) is 15.3. The van der Waals surface area contributed by atoms with Crippen LogP contribution >= 0.6 is 15.9 Å². The number of alkyl halides is 3. The molecule has 0 unspecified atom stereocenters. The van der Waals surface area contributed by atoms with Crippen molar-refractivity contribution in [2.75, 3.05) is 5.32 Å². The molecule has 0 aliphatic rings. The summed E-state index contributed by atoms with van der Waals surface area (Å²) in [5.41, 5.74) is 0.452. The van der Waals surface area contributed by atoms with E-state index in [1.165, 1.54) is 24.5 Å². The van der Waals surface area contributed by atoms with Crippen LogP contribution in [0.4, 0.5) is 18.9 Å². The topological polar surface area (TPSA) is 51.2 Å². The minimum Gasteiger partial charge on any atom is -0.406 e. The Bertz CT molecular complexity index is 662. The summed E-state index contributed by atoms with van der Waals surface area (Å²) >= 11 is 3.17. The number of benzene rings is 1. The molecule has 0 aliphatic heterocycles. The summed E-state index contributed by atoms with van der Waals surface area (Å²) in [6.45, 7) is 0. The summed E-state index contributed by atoms with van der Waals surface area (Å²) in [5.74, 6) is -0.902. The predicted molar refractivity (Wildman–Crippen MR) is 73.0 cm³/mol. The zero-order valence-corrected chi connectivity index (χ0v) is 11.9. The van der Waals surface area contributed by atoms with E-state index in [-0.39, 0.29) is 11.3 Å². The number of rotatable bonds is 3. The average molecular weight is 361 g/mol. The van der Waals surface area contributed by atoms with E-state index in [0.29, 0.717) is 4.47 Å². The SMILES string of the molecule is O=C(Nc1cccc(OC(F)(F)F)c1)c1cncc(Br)c1. The van der Waals surface area contributed by atoms with Crippen LogP contribution in [-0.2, 0) is 0 Å². The first-order valence-electron chi connectivity index (χ1n) is 5.61. The number of anilines is 1. The van der Waals surface area contributed by atoms with Crippen molar-refractivity contribution in [1.82, 2.24) is 4.98 Å². The van der Waals surface area contributed by atoms with Crippen molar-refractivity contribution in [2.24, 2.45) is 0 Å². The summed E-state index contributed by atoms with van der Waals surface area (Å²) in [4.78, 5) is 15.8. The van der Waals surface area contributed by atoms with Crippen molar-refractivity contribution in [3.63, 3.8) is 0 Å². The van der Waals surface area contributed by atoms with Gasteiger partial charge in [0, 0.05) is 28.6 Å². The number of ether oxygens (including phenoxy) is 1. The average Bonchev–Trinajstić information content (AvgIpc) is 2.37. The number of halogens is 4. The monoisotopic (exact) mass is 360 g/mol. The van der Waals surface area contributed by atoms with Crippen LogP contribution < -0.4 is 10.1 Å². The minimum atomic E-state index is -4.78. The zero-order valence-electron chi connectivity index (χ0n) is 10.3. The molecular formula is C13H8BrF3N2O2. The van der Waals surface area contributed by atoms with Gasteiger partial charge in [-0.1, -0.05) is 6.07 Å². The van der Waals surface area contributed by atoms with E-state index in [1.54, 1.807) is 6.07 Å².